The standard InChI is InChI=1S/C25H30F2N3O7PS/c1-17-23(18(2)37-29-17)39(35,36)30-22(24(31)28-15-7-6-10-19-8-4-3-5-9-19)16-20-11-13-21(14-12-20)25(26,27)38(32,33)34/h3-5,8-9,11-14,22,30H,6-7,10,15-16H2,1-2H3,(H,28,31)(H2,32,33,34)/t22-/m0/s1. The van der Waals surface area contributed by atoms with E-state index in [4.69, 9.17) is 14.3 Å². The summed E-state index contributed by atoms with van der Waals surface area (Å²) >= 11 is 0. The van der Waals surface area contributed by atoms with E-state index in [9.17, 15) is 26.6 Å². The van der Waals surface area contributed by atoms with Crippen LogP contribution in [0, 0.1) is 13.8 Å². The van der Waals surface area contributed by atoms with E-state index in [0.29, 0.717) is 6.42 Å². The van der Waals surface area contributed by atoms with Crippen LogP contribution in [0.2, 0.25) is 0 Å². The van der Waals surface area contributed by atoms with Gasteiger partial charge in [0, 0.05) is 12.1 Å². The number of hydrogen-bond donors (Lipinski definition) is 4. The van der Waals surface area contributed by atoms with Gasteiger partial charge < -0.3 is 19.6 Å². The van der Waals surface area contributed by atoms with Crippen LogP contribution in [-0.2, 0) is 37.9 Å². The van der Waals surface area contributed by atoms with Crippen LogP contribution in [-0.4, -0.2) is 41.9 Å². The molecule has 0 saturated carbocycles. The van der Waals surface area contributed by atoms with E-state index >= 15 is 0 Å². The first-order valence-corrected chi connectivity index (χ1v) is 15.1. The summed E-state index contributed by atoms with van der Waals surface area (Å²) in [6.07, 6.45) is 2.01. The van der Waals surface area contributed by atoms with Gasteiger partial charge in [-0.05, 0) is 50.7 Å². The highest BCUT2D eigenvalue weighted by molar-refractivity contribution is 7.89. The summed E-state index contributed by atoms with van der Waals surface area (Å²) in [6, 6.07) is 12.4. The number of aromatic nitrogens is 1. The van der Waals surface area contributed by atoms with Crippen molar-refractivity contribution in [2.75, 3.05) is 6.54 Å². The molecule has 0 fully saturated rings. The molecular formula is C25H30F2N3O7PS. The van der Waals surface area contributed by atoms with Crippen LogP contribution in [0.25, 0.3) is 0 Å². The molecule has 3 rings (SSSR count). The molecule has 1 atom stereocenters. The Kier molecular flexibility index (Phi) is 9.78. The van der Waals surface area contributed by atoms with Gasteiger partial charge in [-0.25, -0.2) is 8.42 Å². The Morgan fingerprint density at radius 2 is 1.69 bits per heavy atom. The predicted molar refractivity (Wildman–Crippen MR) is 139 cm³/mol. The fourth-order valence-corrected chi connectivity index (χ4v) is 5.98. The fourth-order valence-electron chi connectivity index (χ4n) is 3.97. The molecule has 1 heterocycles. The van der Waals surface area contributed by atoms with Gasteiger partial charge in [-0.1, -0.05) is 59.8 Å². The maximum absolute atomic E-state index is 14.0. The van der Waals surface area contributed by atoms with Crippen LogP contribution >= 0.6 is 7.60 Å². The molecule has 0 radical (unpaired) electrons. The maximum Gasteiger partial charge on any atom is 0.399 e. The molecule has 39 heavy (non-hydrogen) atoms. The number of aryl methyl sites for hydroxylation is 3. The maximum atomic E-state index is 14.0. The molecule has 0 unspecified atom stereocenters. The van der Waals surface area contributed by atoms with Crippen LogP contribution in [0.1, 0.15) is 41.0 Å². The molecule has 14 heteroatoms. The number of halogens is 2. The van der Waals surface area contributed by atoms with Gasteiger partial charge in [-0.3, -0.25) is 9.36 Å². The molecule has 0 aliphatic heterocycles. The number of carbonyl (C=O) groups excluding carboxylic acids is 1. The van der Waals surface area contributed by atoms with Crippen molar-refractivity contribution in [3.8, 4) is 0 Å². The van der Waals surface area contributed by atoms with Crippen molar-refractivity contribution in [2.24, 2.45) is 0 Å². The zero-order chi connectivity index (χ0) is 28.8. The van der Waals surface area contributed by atoms with Gasteiger partial charge in [-0.2, -0.15) is 13.5 Å². The molecule has 212 valence electrons. The van der Waals surface area contributed by atoms with Gasteiger partial charge in [0.1, 0.15) is 16.6 Å². The second-order valence-corrected chi connectivity index (χ2v) is 12.3. The summed E-state index contributed by atoms with van der Waals surface area (Å²) in [6.45, 7) is 3.13. The first-order valence-electron chi connectivity index (χ1n) is 12.0. The van der Waals surface area contributed by atoms with Crippen molar-refractivity contribution in [1.29, 1.82) is 0 Å². The van der Waals surface area contributed by atoms with Crippen LogP contribution in [0.5, 0.6) is 0 Å². The van der Waals surface area contributed by atoms with E-state index < -0.39 is 40.8 Å². The number of amides is 1. The molecule has 2 aromatic carbocycles. The molecule has 0 spiro atoms. The van der Waals surface area contributed by atoms with Crippen LogP contribution in [0.4, 0.5) is 8.78 Å². The molecule has 1 aromatic heterocycles. The third-order valence-corrected chi connectivity index (χ3v) is 8.70. The summed E-state index contributed by atoms with van der Waals surface area (Å²) in [7, 11) is -10.0. The summed E-state index contributed by atoms with van der Waals surface area (Å²) < 4.78 is 72.7. The number of carbonyl (C=O) groups is 1. The van der Waals surface area contributed by atoms with Crippen molar-refractivity contribution in [2.45, 2.75) is 56.1 Å². The average Bonchev–Trinajstić information content (AvgIpc) is 3.22. The number of sulfonamides is 1. The number of hydrogen-bond acceptors (Lipinski definition) is 6. The molecular weight excluding hydrogens is 555 g/mol. The highest BCUT2D eigenvalue weighted by Gasteiger charge is 2.50. The minimum Gasteiger partial charge on any atom is -0.360 e. The monoisotopic (exact) mass is 585 g/mol. The SMILES string of the molecule is Cc1noc(C)c1S(=O)(=O)N[C@@H](Cc1ccc(C(F)(F)P(=O)(O)O)cc1)C(=O)NCCCCc1ccccc1. The molecule has 10 nitrogen and oxygen atoms in total. The molecule has 0 aliphatic carbocycles. The van der Waals surface area contributed by atoms with E-state index in [1.165, 1.54) is 13.8 Å². The van der Waals surface area contributed by atoms with E-state index in [-0.39, 0.29) is 34.9 Å². The molecule has 0 aliphatic rings. The average molecular weight is 586 g/mol. The number of rotatable bonds is 13. The van der Waals surface area contributed by atoms with Crippen molar-refractivity contribution < 1.29 is 40.9 Å². The first kappa shape index (κ1) is 30.6. The lowest BCUT2D eigenvalue weighted by Crippen LogP contribution is -2.48. The minimum absolute atomic E-state index is 0.0316. The molecule has 3 aromatic rings. The Balaban J connectivity index is 1.74. The summed E-state index contributed by atoms with van der Waals surface area (Å²) in [5, 5.41) is 6.35. The molecule has 1 amide bonds. The number of nitrogens with one attached hydrogen (secondary N) is 2. The van der Waals surface area contributed by atoms with Gasteiger partial charge in [0.05, 0.1) is 0 Å². The van der Waals surface area contributed by atoms with Crippen LogP contribution in [0.15, 0.2) is 64.0 Å². The third-order valence-electron chi connectivity index (χ3n) is 5.99. The van der Waals surface area contributed by atoms with Crippen molar-refractivity contribution in [1.82, 2.24) is 15.2 Å². The lowest BCUT2D eigenvalue weighted by molar-refractivity contribution is -0.122. The Hall–Kier alpha value is -2.96. The zero-order valence-corrected chi connectivity index (χ0v) is 23.0. The van der Waals surface area contributed by atoms with Crippen molar-refractivity contribution >= 4 is 23.5 Å². The minimum atomic E-state index is -5.76. The Labute approximate surface area is 225 Å². The second kappa shape index (κ2) is 12.5. The molecule has 0 saturated heterocycles. The summed E-state index contributed by atoms with van der Waals surface area (Å²) in [4.78, 5) is 30.8. The second-order valence-electron chi connectivity index (χ2n) is 9.05. The molecule has 0 bridgehead atoms. The van der Waals surface area contributed by atoms with Gasteiger partial charge in [0.15, 0.2) is 5.76 Å². The Morgan fingerprint density at radius 3 is 2.26 bits per heavy atom. The lowest BCUT2D eigenvalue weighted by atomic mass is 10.0. The smallest absolute Gasteiger partial charge is 0.360 e. The van der Waals surface area contributed by atoms with Crippen molar-refractivity contribution in [3.63, 3.8) is 0 Å². The number of nitrogens with zero attached hydrogens (tertiary/aromatic N) is 1. The normalized spacial score (nSPS) is 13.3. The highest BCUT2D eigenvalue weighted by Crippen LogP contribution is 2.59. The number of alkyl halides is 2. The lowest BCUT2D eigenvalue weighted by Gasteiger charge is -2.20. The van der Waals surface area contributed by atoms with E-state index in [2.05, 4.69) is 15.2 Å². The zero-order valence-electron chi connectivity index (χ0n) is 21.3. The quantitative estimate of drug-likeness (QED) is 0.175. The Morgan fingerprint density at radius 1 is 1.05 bits per heavy atom. The first-order chi connectivity index (χ1) is 18.2. The fraction of sp³-hybridized carbons (Fsp3) is 0.360. The van der Waals surface area contributed by atoms with Crippen molar-refractivity contribution in [3.05, 3.63) is 82.7 Å². The van der Waals surface area contributed by atoms with Gasteiger partial charge in [-0.15, -0.1) is 0 Å². The molecule has 4 N–H and O–H groups in total. The number of unbranched alkanes of at least 4 members (excludes halogenated alkanes) is 1. The van der Waals surface area contributed by atoms with Gasteiger partial charge >= 0.3 is 13.3 Å². The predicted octanol–water partition coefficient (Wildman–Crippen LogP) is 3.55. The third kappa shape index (κ3) is 7.80. The summed E-state index contributed by atoms with van der Waals surface area (Å²) in [5.41, 5.74) is -3.76. The highest BCUT2D eigenvalue weighted by atomic mass is 32.2. The van der Waals surface area contributed by atoms with Gasteiger partial charge in [0.25, 0.3) is 0 Å². The topological polar surface area (TPSA) is 159 Å². The van der Waals surface area contributed by atoms with Crippen LogP contribution in [0.3, 0.4) is 0 Å². The van der Waals surface area contributed by atoms with E-state index in [0.717, 1.165) is 42.7 Å². The van der Waals surface area contributed by atoms with Gasteiger partial charge in [0.2, 0.25) is 15.9 Å². The summed E-state index contributed by atoms with van der Waals surface area (Å²) in [5.74, 6) is -0.598. The number of benzene rings is 2. The largest absolute Gasteiger partial charge is 0.399 e. The van der Waals surface area contributed by atoms with E-state index in [1.54, 1.807) is 0 Å². The van der Waals surface area contributed by atoms with E-state index in [1.807, 2.05) is 30.3 Å². The van der Waals surface area contributed by atoms with Crippen LogP contribution < -0.4 is 10.0 Å². The Bertz CT molecular complexity index is 1410.